The maximum Gasteiger partial charge on any atom is 0.257 e. The first-order chi connectivity index (χ1) is 23.8. The number of halogens is 1. The smallest absolute Gasteiger partial charge is 0.257 e. The molecule has 2 aromatic heterocycles. The van der Waals surface area contributed by atoms with E-state index < -0.39 is 143 Å². The lowest BCUT2D eigenvalue weighted by molar-refractivity contribution is 0.129. The van der Waals surface area contributed by atoms with Gasteiger partial charge in [0, 0.05) is 67.6 Å². The van der Waals surface area contributed by atoms with Crippen molar-refractivity contribution in [2.24, 2.45) is 0 Å². The Balaban J connectivity index is 1.82. The quantitative estimate of drug-likeness (QED) is 0.659. The normalized spacial score (nSPS) is 46.9. The van der Waals surface area contributed by atoms with Crippen LogP contribution in [-0.4, -0.2) is 44.2 Å². The largest absolute Gasteiger partial charge is 0.385 e. The number of piperidine rings is 1. The van der Waals surface area contributed by atoms with Crippen LogP contribution in [0.4, 0.5) is 4.39 Å². The van der Waals surface area contributed by atoms with E-state index in [0.717, 1.165) is 0 Å². The molecule has 1 saturated heterocycles. The molecule has 164 valence electrons. The molecule has 1 aromatic carbocycles. The van der Waals surface area contributed by atoms with E-state index in [-0.39, 0.29) is 0 Å². The molecule has 7 nitrogen and oxygen atoms in total. The van der Waals surface area contributed by atoms with Crippen LogP contribution in [0, 0.1) is 12.7 Å². The summed E-state index contributed by atoms with van der Waals surface area (Å²) >= 11 is 0. The Labute approximate surface area is 211 Å². The molecule has 8 heteroatoms. The molecule has 1 fully saturated rings. The molecule has 1 atom stereocenters. The molecule has 2 aliphatic rings. The molecular formula is C23H27FN4O3. The van der Waals surface area contributed by atoms with Crippen molar-refractivity contribution in [3.63, 3.8) is 0 Å². The Hall–Kier alpha value is -2.58. The van der Waals surface area contributed by atoms with Crippen molar-refractivity contribution in [3.05, 3.63) is 57.1 Å². The average molecular weight is 450 g/mol. The van der Waals surface area contributed by atoms with Crippen LogP contribution in [0.15, 0.2) is 27.4 Å². The highest BCUT2D eigenvalue weighted by molar-refractivity contribution is 5.79. The molecule has 0 bridgehead atoms. The minimum Gasteiger partial charge on any atom is -0.385 e. The number of benzene rings is 1. The number of nitrogens with zero attached hydrogens (tertiary/aromatic N) is 4. The van der Waals surface area contributed by atoms with E-state index in [1.54, 1.807) is 0 Å². The van der Waals surface area contributed by atoms with Gasteiger partial charge in [-0.05, 0) is 63.9 Å². The third-order valence-corrected chi connectivity index (χ3v) is 4.15. The predicted octanol–water partition coefficient (Wildman–Crippen LogP) is 3.08. The van der Waals surface area contributed by atoms with E-state index in [2.05, 4.69) is 10.1 Å². The van der Waals surface area contributed by atoms with E-state index in [0.29, 0.717) is 6.92 Å². The lowest BCUT2D eigenvalue weighted by atomic mass is 9.91. The first kappa shape index (κ1) is 6.96. The van der Waals surface area contributed by atoms with Gasteiger partial charge in [0.1, 0.15) is 17.7 Å². The summed E-state index contributed by atoms with van der Waals surface area (Å²) in [5.41, 5.74) is -7.41. The van der Waals surface area contributed by atoms with Crippen LogP contribution < -0.4 is 5.56 Å². The molecule has 0 saturated carbocycles. The second-order valence-electron chi connectivity index (χ2n) is 6.09. The number of aryl methyl sites for hydroxylation is 1. The Bertz CT molecular complexity index is 2150. The molecule has 0 spiro atoms. The summed E-state index contributed by atoms with van der Waals surface area (Å²) < 4.78 is 214. The highest BCUT2D eigenvalue weighted by Gasteiger charge is 2.26. The van der Waals surface area contributed by atoms with Crippen molar-refractivity contribution < 1.29 is 45.5 Å². The number of likely N-dealkylation sites (tertiary alicyclic amines) is 1. The zero-order valence-corrected chi connectivity index (χ0v) is 15.4. The summed E-state index contributed by atoms with van der Waals surface area (Å²) in [6, 6.07) is -3.90. The SMILES string of the molecule is [2H]c1c(F)c([2H])c2onc(C3([2H])C([2H])([2H])C([2H])([2H])N(C([2H])([2H])C([2H])([2H])c4c(C)nc5n(c4=O)C([2H])([2H])C([2H])([2H])C([2H])([2H])C5([2H])O)C([2H])([2H])C3([2H])[2H])c2c1[2H]. The summed E-state index contributed by atoms with van der Waals surface area (Å²) in [6.45, 7) is -16.7. The fraction of sp³-hybridized carbons (Fsp3) is 0.522. The molecular weight excluding hydrogens is 399 g/mol. The number of rotatable bonds is 4. The fourth-order valence-corrected chi connectivity index (χ4v) is 2.71. The standard InChI is InChI=1S/C23H27FN4O3/c1-14-17(23(30)28-9-2-3-19(29)22(28)25-14)8-12-27-10-6-15(7-11-27)21-18-5-4-16(24)13-20(18)31-26-21/h4-5,13,15,19,29H,2-3,6-12H2,1H3/i2D2,3D2,4D,5D,6D2,7D2,8D2,9D2,10D2,11D2,12D2,13D,15D,19D. The molecule has 0 radical (unpaired) electrons. The second kappa shape index (κ2) is 8.16. The van der Waals surface area contributed by atoms with Gasteiger partial charge in [0.15, 0.2) is 5.58 Å². The van der Waals surface area contributed by atoms with Gasteiger partial charge in [-0.15, -0.1) is 0 Å². The first-order valence-electron chi connectivity index (χ1n) is 20.0. The van der Waals surface area contributed by atoms with E-state index in [1.807, 2.05) is 0 Å². The van der Waals surface area contributed by atoms with Gasteiger partial charge in [-0.3, -0.25) is 9.36 Å². The van der Waals surface area contributed by atoms with Gasteiger partial charge >= 0.3 is 0 Å². The molecule has 4 heterocycles. The average Bonchev–Trinajstić information content (AvgIpc) is 3.45. The highest BCUT2D eigenvalue weighted by atomic mass is 19.1. The Morgan fingerprint density at radius 1 is 1.39 bits per heavy atom. The zero-order chi connectivity index (χ0) is 42.1. The van der Waals surface area contributed by atoms with Crippen molar-refractivity contribution in [3.8, 4) is 0 Å². The zero-order valence-electron chi connectivity index (χ0n) is 38.4. The molecule has 1 unspecified atom stereocenters. The van der Waals surface area contributed by atoms with Gasteiger partial charge in [0.05, 0.1) is 11.2 Å². The van der Waals surface area contributed by atoms with E-state index in [4.69, 9.17) is 36.1 Å². The first-order valence-corrected chi connectivity index (χ1v) is 8.52. The number of aliphatic hydroxyl groups is 1. The maximum absolute atomic E-state index is 14.5. The Morgan fingerprint density at radius 2 is 2.19 bits per heavy atom. The predicted molar refractivity (Wildman–Crippen MR) is 114 cm³/mol. The Morgan fingerprint density at radius 3 is 3.00 bits per heavy atom. The monoisotopic (exact) mass is 449 g/mol. The van der Waals surface area contributed by atoms with Gasteiger partial charge in [-0.2, -0.15) is 0 Å². The van der Waals surface area contributed by atoms with Crippen LogP contribution in [0.2, 0.25) is 0 Å². The Kier molecular flexibility index (Phi) is 1.83. The molecule has 1 N–H and O–H groups in total. The number of hydrogen-bond donors (Lipinski definition) is 1. The number of aromatic nitrogens is 3. The fourth-order valence-electron chi connectivity index (χ4n) is 2.71. The topological polar surface area (TPSA) is 84.4 Å². The molecule has 31 heavy (non-hydrogen) atoms. The lowest BCUT2D eigenvalue weighted by Crippen LogP contribution is -2.37. The van der Waals surface area contributed by atoms with Crippen molar-refractivity contribution in [2.45, 2.75) is 57.3 Å². The van der Waals surface area contributed by atoms with Crippen molar-refractivity contribution in [1.29, 1.82) is 0 Å². The van der Waals surface area contributed by atoms with E-state index >= 15 is 0 Å². The van der Waals surface area contributed by atoms with Crippen molar-refractivity contribution >= 4 is 11.0 Å². The lowest BCUT2D eigenvalue weighted by Gasteiger charge is -2.31. The van der Waals surface area contributed by atoms with Crippen molar-refractivity contribution in [1.82, 2.24) is 19.6 Å². The molecule has 3 aromatic rings. The van der Waals surface area contributed by atoms with Crippen LogP contribution in [0.3, 0.4) is 0 Å². The van der Waals surface area contributed by atoms with E-state index in [1.165, 1.54) is 0 Å². The summed E-state index contributed by atoms with van der Waals surface area (Å²) in [5.74, 6) is -7.31. The van der Waals surface area contributed by atoms with Crippen LogP contribution in [-0.2, 0) is 12.9 Å². The molecule has 2 aliphatic heterocycles. The van der Waals surface area contributed by atoms with Gasteiger partial charge in [0.2, 0.25) is 0 Å². The van der Waals surface area contributed by atoms with Crippen molar-refractivity contribution in [2.75, 3.05) is 19.5 Å². The molecule has 0 amide bonds. The molecule has 5 rings (SSSR count). The van der Waals surface area contributed by atoms with Crippen LogP contribution in [0.25, 0.3) is 11.0 Å². The minimum atomic E-state index is -4.55. The maximum atomic E-state index is 14.5. The van der Waals surface area contributed by atoms with Gasteiger partial charge in [-0.25, -0.2) is 9.37 Å². The van der Waals surface area contributed by atoms with Gasteiger partial charge in [0.25, 0.3) is 5.56 Å². The number of fused-ring (bicyclic) bond motifs is 2. The number of hydrogen-bond acceptors (Lipinski definition) is 6. The van der Waals surface area contributed by atoms with Crippen LogP contribution in [0.1, 0.15) is 91.8 Å². The molecule has 0 aliphatic carbocycles. The van der Waals surface area contributed by atoms with Gasteiger partial charge in [-0.1, -0.05) is 5.16 Å². The third kappa shape index (κ3) is 3.78. The summed E-state index contributed by atoms with van der Waals surface area (Å²) in [4.78, 5) is 16.6. The third-order valence-electron chi connectivity index (χ3n) is 4.15. The van der Waals surface area contributed by atoms with Gasteiger partial charge < -0.3 is 14.5 Å². The second-order valence-corrected chi connectivity index (χ2v) is 6.09. The van der Waals surface area contributed by atoms with Crippen LogP contribution in [0.5, 0.6) is 0 Å². The minimum absolute atomic E-state index is 0.470. The van der Waals surface area contributed by atoms with E-state index in [9.17, 15) is 14.3 Å². The highest BCUT2D eigenvalue weighted by Crippen LogP contribution is 2.32. The van der Waals surface area contributed by atoms with Crippen LogP contribution >= 0.6 is 0 Å². The summed E-state index contributed by atoms with van der Waals surface area (Å²) in [7, 11) is 0. The summed E-state index contributed by atoms with van der Waals surface area (Å²) in [5, 5.41) is 13.0. The summed E-state index contributed by atoms with van der Waals surface area (Å²) in [6.07, 6.45) is -24.8.